The average molecular weight is 460 g/mol. The first-order valence-electron chi connectivity index (χ1n) is 11.4. The standard InChI is InChI=1S/C27H29N3O4/c1-19-5-3-4-6-23(19)27(15-16-28-34,22-11-12-24(32)30(2)17-22)21-9-7-20(8-10-21)25(33)29-26(18-31)13-14-26/h3-12,17,31H,13-16,18H2,1-2H3,(H,29,33). The van der Waals surface area contributed by atoms with Crippen LogP contribution < -0.4 is 10.9 Å². The molecule has 4 rings (SSSR count). The molecule has 0 bridgehead atoms. The van der Waals surface area contributed by atoms with Gasteiger partial charge in [0.25, 0.3) is 5.91 Å². The smallest absolute Gasteiger partial charge is 0.251 e. The summed E-state index contributed by atoms with van der Waals surface area (Å²) in [6.45, 7) is 2.03. The Morgan fingerprint density at radius 1 is 1.09 bits per heavy atom. The molecule has 0 aliphatic heterocycles. The van der Waals surface area contributed by atoms with Crippen molar-refractivity contribution in [3.63, 3.8) is 0 Å². The first kappa shape index (κ1) is 23.6. The molecule has 176 valence electrons. The van der Waals surface area contributed by atoms with Gasteiger partial charge in [0.15, 0.2) is 0 Å². The Labute approximate surface area is 198 Å². The summed E-state index contributed by atoms with van der Waals surface area (Å²) in [6.07, 6.45) is 3.75. The molecule has 1 aliphatic carbocycles. The second-order valence-corrected chi connectivity index (χ2v) is 9.16. The van der Waals surface area contributed by atoms with Crippen LogP contribution in [0.2, 0.25) is 0 Å². The van der Waals surface area contributed by atoms with Crippen molar-refractivity contribution in [3.8, 4) is 0 Å². The third kappa shape index (κ3) is 4.31. The van der Waals surface area contributed by atoms with Crippen molar-refractivity contribution in [1.29, 1.82) is 0 Å². The summed E-state index contributed by atoms with van der Waals surface area (Å²) in [7, 11) is 1.70. The molecule has 1 aromatic heterocycles. The highest BCUT2D eigenvalue weighted by atomic mass is 16.3. The molecule has 7 nitrogen and oxygen atoms in total. The molecule has 1 amide bonds. The van der Waals surface area contributed by atoms with E-state index >= 15 is 0 Å². The van der Waals surface area contributed by atoms with Gasteiger partial charge in [0.1, 0.15) is 0 Å². The topological polar surface area (TPSA) is 101 Å². The van der Waals surface area contributed by atoms with Gasteiger partial charge in [-0.1, -0.05) is 47.6 Å². The zero-order valence-electron chi connectivity index (χ0n) is 19.5. The Morgan fingerprint density at radius 2 is 1.76 bits per heavy atom. The van der Waals surface area contributed by atoms with Gasteiger partial charge in [0, 0.05) is 30.3 Å². The molecule has 7 heteroatoms. The Hall–Kier alpha value is -3.58. The predicted molar refractivity (Wildman–Crippen MR) is 131 cm³/mol. The van der Waals surface area contributed by atoms with Crippen molar-refractivity contribution < 1.29 is 9.90 Å². The van der Waals surface area contributed by atoms with Crippen LogP contribution in [0.1, 0.15) is 51.9 Å². The number of nitrogens with one attached hydrogen (secondary N) is 1. The van der Waals surface area contributed by atoms with E-state index in [-0.39, 0.29) is 24.6 Å². The maximum atomic E-state index is 12.8. The van der Waals surface area contributed by atoms with E-state index in [0.717, 1.165) is 35.1 Å². The number of aliphatic hydroxyl groups excluding tert-OH is 1. The summed E-state index contributed by atoms with van der Waals surface area (Å²) in [4.78, 5) is 36.2. The number of hydrogen-bond donors (Lipinski definition) is 2. The molecule has 0 radical (unpaired) electrons. The number of benzene rings is 2. The van der Waals surface area contributed by atoms with E-state index < -0.39 is 11.0 Å². The largest absolute Gasteiger partial charge is 0.394 e. The number of nitroso groups, excluding NO2 is 1. The van der Waals surface area contributed by atoms with Crippen LogP contribution in [0.3, 0.4) is 0 Å². The first-order valence-corrected chi connectivity index (χ1v) is 11.4. The highest BCUT2D eigenvalue weighted by Crippen LogP contribution is 2.43. The second kappa shape index (κ2) is 9.35. The van der Waals surface area contributed by atoms with E-state index in [1.807, 2.05) is 43.3 Å². The number of carbonyl (C=O) groups is 1. The van der Waals surface area contributed by atoms with Crippen LogP contribution in [0.25, 0.3) is 0 Å². The number of aromatic nitrogens is 1. The Morgan fingerprint density at radius 3 is 2.35 bits per heavy atom. The Kier molecular flexibility index (Phi) is 6.48. The molecule has 1 unspecified atom stereocenters. The zero-order valence-corrected chi connectivity index (χ0v) is 19.5. The van der Waals surface area contributed by atoms with Crippen LogP contribution in [-0.4, -0.2) is 34.3 Å². The molecule has 2 aromatic carbocycles. The molecule has 1 heterocycles. The minimum atomic E-state index is -0.747. The minimum Gasteiger partial charge on any atom is -0.394 e. The number of pyridine rings is 1. The third-order valence-corrected chi connectivity index (χ3v) is 6.94. The summed E-state index contributed by atoms with van der Waals surface area (Å²) in [5, 5.41) is 15.6. The normalized spacial score (nSPS) is 15.9. The number of rotatable bonds is 9. The van der Waals surface area contributed by atoms with Gasteiger partial charge in [-0.25, -0.2) is 0 Å². The first-order chi connectivity index (χ1) is 16.3. The summed E-state index contributed by atoms with van der Waals surface area (Å²) < 4.78 is 1.53. The highest BCUT2D eigenvalue weighted by Gasteiger charge is 2.43. The molecular formula is C27H29N3O4. The number of amides is 1. The SMILES string of the molecule is Cc1ccccc1C(CCN=O)(c1ccc(C(=O)NC2(CO)CC2)cc1)c1ccc(=O)n(C)c1. The monoisotopic (exact) mass is 459 g/mol. The fraction of sp³-hybridized carbons (Fsp3) is 0.333. The van der Waals surface area contributed by atoms with Gasteiger partial charge in [0.05, 0.1) is 18.7 Å². The highest BCUT2D eigenvalue weighted by molar-refractivity contribution is 5.95. The third-order valence-electron chi connectivity index (χ3n) is 6.94. The van der Waals surface area contributed by atoms with Crippen molar-refractivity contribution in [2.75, 3.05) is 13.2 Å². The molecule has 2 N–H and O–H groups in total. The quantitative estimate of drug-likeness (QED) is 0.479. The lowest BCUT2D eigenvalue weighted by molar-refractivity contribution is 0.0906. The summed E-state index contributed by atoms with van der Waals surface area (Å²) in [5.41, 5.74) is 2.94. The van der Waals surface area contributed by atoms with Crippen molar-refractivity contribution >= 4 is 5.91 Å². The zero-order chi connectivity index (χ0) is 24.3. The molecule has 1 atom stereocenters. The van der Waals surface area contributed by atoms with Gasteiger partial charge in [-0.05, 0) is 60.6 Å². The second-order valence-electron chi connectivity index (χ2n) is 9.16. The molecule has 34 heavy (non-hydrogen) atoms. The van der Waals surface area contributed by atoms with E-state index in [0.29, 0.717) is 12.0 Å². The van der Waals surface area contributed by atoms with Crippen molar-refractivity contribution in [2.24, 2.45) is 12.2 Å². The van der Waals surface area contributed by atoms with Gasteiger partial charge in [0.2, 0.25) is 5.56 Å². The fourth-order valence-corrected chi connectivity index (χ4v) is 4.71. The van der Waals surface area contributed by atoms with E-state index in [1.54, 1.807) is 31.4 Å². The van der Waals surface area contributed by atoms with Crippen molar-refractivity contribution in [3.05, 3.63) is 110 Å². The minimum absolute atomic E-state index is 0.0708. The van der Waals surface area contributed by atoms with Crippen LogP contribution in [0, 0.1) is 11.8 Å². The summed E-state index contributed by atoms with van der Waals surface area (Å²) in [6, 6.07) is 18.6. The van der Waals surface area contributed by atoms with Gasteiger partial charge >= 0.3 is 0 Å². The number of aliphatic hydroxyl groups is 1. The molecule has 3 aromatic rings. The van der Waals surface area contributed by atoms with E-state index in [4.69, 9.17) is 0 Å². The Balaban J connectivity index is 1.85. The van der Waals surface area contributed by atoms with Crippen LogP contribution in [-0.2, 0) is 12.5 Å². The lowest BCUT2D eigenvalue weighted by Crippen LogP contribution is -2.39. The van der Waals surface area contributed by atoms with Gasteiger partial charge in [-0.2, -0.15) is 4.91 Å². The van der Waals surface area contributed by atoms with Crippen molar-refractivity contribution in [2.45, 2.75) is 37.1 Å². The van der Waals surface area contributed by atoms with Crippen LogP contribution in [0.5, 0.6) is 0 Å². The molecule has 1 saturated carbocycles. The van der Waals surface area contributed by atoms with Gasteiger partial charge < -0.3 is 15.0 Å². The van der Waals surface area contributed by atoms with Crippen LogP contribution >= 0.6 is 0 Å². The lowest BCUT2D eigenvalue weighted by Gasteiger charge is -2.37. The number of hydrogen-bond acceptors (Lipinski definition) is 5. The van der Waals surface area contributed by atoms with Gasteiger partial charge in [-0.15, -0.1) is 0 Å². The van der Waals surface area contributed by atoms with Crippen molar-refractivity contribution in [1.82, 2.24) is 9.88 Å². The molecule has 0 spiro atoms. The van der Waals surface area contributed by atoms with Gasteiger partial charge in [-0.3, -0.25) is 9.59 Å². The predicted octanol–water partition coefficient (Wildman–Crippen LogP) is 3.44. The average Bonchev–Trinajstić information content (AvgIpc) is 3.62. The van der Waals surface area contributed by atoms with Crippen LogP contribution in [0.15, 0.2) is 76.8 Å². The maximum absolute atomic E-state index is 12.8. The van der Waals surface area contributed by atoms with E-state index in [9.17, 15) is 19.6 Å². The van der Waals surface area contributed by atoms with E-state index in [2.05, 4.69) is 10.5 Å². The summed E-state index contributed by atoms with van der Waals surface area (Å²) >= 11 is 0. The molecule has 0 saturated heterocycles. The molecular weight excluding hydrogens is 430 g/mol. The maximum Gasteiger partial charge on any atom is 0.251 e. The number of aryl methyl sites for hydroxylation is 2. The van der Waals surface area contributed by atoms with E-state index in [1.165, 1.54) is 10.6 Å². The summed E-state index contributed by atoms with van der Waals surface area (Å²) in [5.74, 6) is -0.226. The van der Waals surface area contributed by atoms with Crippen LogP contribution in [0.4, 0.5) is 0 Å². The Bertz CT molecular complexity index is 1260. The lowest BCUT2D eigenvalue weighted by atomic mass is 9.66. The molecule has 1 fully saturated rings. The number of carbonyl (C=O) groups excluding carboxylic acids is 1. The number of nitrogens with zero attached hydrogens (tertiary/aromatic N) is 2. The molecule has 1 aliphatic rings. The fourth-order valence-electron chi connectivity index (χ4n) is 4.71.